The van der Waals surface area contributed by atoms with Gasteiger partial charge in [-0.25, -0.2) is 0 Å². The highest BCUT2D eigenvalue weighted by atomic mass is 35.5. The molecule has 0 spiro atoms. The SMILES string of the molecule is ClCc1ccc(NCCSc2ccccc2)cc1. The van der Waals surface area contributed by atoms with Crippen molar-refractivity contribution < 1.29 is 0 Å². The Balaban J connectivity index is 1.72. The van der Waals surface area contributed by atoms with Crippen LogP contribution in [0.3, 0.4) is 0 Å². The molecule has 0 saturated carbocycles. The van der Waals surface area contributed by atoms with Crippen molar-refractivity contribution in [2.75, 3.05) is 17.6 Å². The van der Waals surface area contributed by atoms with Crippen molar-refractivity contribution in [2.45, 2.75) is 10.8 Å². The topological polar surface area (TPSA) is 12.0 Å². The summed E-state index contributed by atoms with van der Waals surface area (Å²) in [6, 6.07) is 18.7. The lowest BCUT2D eigenvalue weighted by atomic mass is 10.2. The van der Waals surface area contributed by atoms with Crippen LogP contribution in [0, 0.1) is 0 Å². The van der Waals surface area contributed by atoms with E-state index in [4.69, 9.17) is 11.6 Å². The quantitative estimate of drug-likeness (QED) is 0.469. The van der Waals surface area contributed by atoms with Crippen LogP contribution in [-0.4, -0.2) is 12.3 Å². The van der Waals surface area contributed by atoms with Gasteiger partial charge >= 0.3 is 0 Å². The van der Waals surface area contributed by atoms with Crippen LogP contribution in [0.4, 0.5) is 5.69 Å². The minimum absolute atomic E-state index is 0.574. The lowest BCUT2D eigenvalue weighted by Crippen LogP contribution is -2.03. The Hall–Kier alpha value is -1.12. The molecule has 0 unspecified atom stereocenters. The Bertz CT molecular complexity index is 456. The molecule has 0 aliphatic carbocycles. The Morgan fingerprint density at radius 2 is 1.67 bits per heavy atom. The number of halogens is 1. The highest BCUT2D eigenvalue weighted by Crippen LogP contribution is 2.17. The lowest BCUT2D eigenvalue weighted by molar-refractivity contribution is 1.22. The summed E-state index contributed by atoms with van der Waals surface area (Å²) in [6.45, 7) is 0.958. The third-order valence-corrected chi connectivity index (χ3v) is 3.87. The molecule has 2 rings (SSSR count). The highest BCUT2D eigenvalue weighted by molar-refractivity contribution is 7.99. The molecular formula is C15H16ClNS. The van der Waals surface area contributed by atoms with E-state index >= 15 is 0 Å². The average molecular weight is 278 g/mol. The fraction of sp³-hybridized carbons (Fsp3) is 0.200. The van der Waals surface area contributed by atoms with E-state index in [1.54, 1.807) is 0 Å². The molecule has 0 amide bonds. The van der Waals surface area contributed by atoms with Crippen LogP contribution in [0.1, 0.15) is 5.56 Å². The molecule has 18 heavy (non-hydrogen) atoms. The predicted molar refractivity (Wildman–Crippen MR) is 81.7 cm³/mol. The first-order chi connectivity index (χ1) is 8.88. The molecule has 0 fully saturated rings. The molecule has 0 bridgehead atoms. The maximum absolute atomic E-state index is 5.75. The fourth-order valence-corrected chi connectivity index (χ4v) is 2.56. The third-order valence-electron chi connectivity index (χ3n) is 2.55. The van der Waals surface area contributed by atoms with Gasteiger partial charge < -0.3 is 5.32 Å². The summed E-state index contributed by atoms with van der Waals surface area (Å²) in [5.74, 6) is 1.63. The Morgan fingerprint density at radius 1 is 0.944 bits per heavy atom. The smallest absolute Gasteiger partial charge is 0.0474 e. The first-order valence-electron chi connectivity index (χ1n) is 5.95. The van der Waals surface area contributed by atoms with E-state index in [-0.39, 0.29) is 0 Å². The van der Waals surface area contributed by atoms with E-state index in [9.17, 15) is 0 Å². The van der Waals surface area contributed by atoms with E-state index < -0.39 is 0 Å². The van der Waals surface area contributed by atoms with Gasteiger partial charge in [0.25, 0.3) is 0 Å². The van der Waals surface area contributed by atoms with Crippen molar-refractivity contribution in [1.82, 2.24) is 0 Å². The van der Waals surface area contributed by atoms with Crippen LogP contribution >= 0.6 is 23.4 Å². The van der Waals surface area contributed by atoms with Crippen LogP contribution in [-0.2, 0) is 5.88 Å². The summed E-state index contributed by atoms with van der Waals surface area (Å²) in [6.07, 6.45) is 0. The molecule has 1 N–H and O–H groups in total. The van der Waals surface area contributed by atoms with Gasteiger partial charge in [-0.05, 0) is 29.8 Å². The Kier molecular flexibility index (Phi) is 5.43. The van der Waals surface area contributed by atoms with Crippen molar-refractivity contribution in [3.63, 3.8) is 0 Å². The average Bonchev–Trinajstić information content (AvgIpc) is 2.45. The zero-order valence-corrected chi connectivity index (χ0v) is 11.7. The maximum atomic E-state index is 5.75. The number of rotatable bonds is 6. The third kappa shape index (κ3) is 4.28. The van der Waals surface area contributed by atoms with Crippen molar-refractivity contribution in [3.05, 3.63) is 60.2 Å². The number of benzene rings is 2. The van der Waals surface area contributed by atoms with E-state index in [2.05, 4.69) is 53.8 Å². The maximum Gasteiger partial charge on any atom is 0.0474 e. The molecule has 2 aromatic rings. The molecule has 1 nitrogen and oxygen atoms in total. The molecule has 2 aromatic carbocycles. The largest absolute Gasteiger partial charge is 0.384 e. The zero-order valence-electron chi connectivity index (χ0n) is 10.1. The zero-order chi connectivity index (χ0) is 12.6. The second-order valence-corrected chi connectivity index (χ2v) is 5.35. The minimum Gasteiger partial charge on any atom is -0.384 e. The van der Waals surface area contributed by atoms with Crippen LogP contribution in [0.5, 0.6) is 0 Å². The number of anilines is 1. The predicted octanol–water partition coefficient (Wildman–Crippen LogP) is 4.63. The van der Waals surface area contributed by atoms with Gasteiger partial charge in [0.15, 0.2) is 0 Å². The number of nitrogens with one attached hydrogen (secondary N) is 1. The van der Waals surface area contributed by atoms with Crippen LogP contribution in [0.2, 0.25) is 0 Å². The van der Waals surface area contributed by atoms with E-state index in [0.717, 1.165) is 23.5 Å². The van der Waals surface area contributed by atoms with Gasteiger partial charge in [-0.1, -0.05) is 30.3 Å². The second kappa shape index (κ2) is 7.34. The van der Waals surface area contributed by atoms with Gasteiger partial charge in [-0.2, -0.15) is 0 Å². The monoisotopic (exact) mass is 277 g/mol. The Labute approximate surface area is 118 Å². The summed E-state index contributed by atoms with van der Waals surface area (Å²) >= 11 is 7.61. The van der Waals surface area contributed by atoms with E-state index in [1.807, 2.05) is 17.8 Å². The molecule has 0 radical (unpaired) electrons. The second-order valence-electron chi connectivity index (χ2n) is 3.92. The number of hydrogen-bond acceptors (Lipinski definition) is 2. The van der Waals surface area contributed by atoms with Crippen molar-refractivity contribution in [2.24, 2.45) is 0 Å². The first-order valence-corrected chi connectivity index (χ1v) is 7.47. The highest BCUT2D eigenvalue weighted by Gasteiger charge is 1.95. The summed E-state index contributed by atoms with van der Waals surface area (Å²) < 4.78 is 0. The number of hydrogen-bond donors (Lipinski definition) is 1. The molecule has 94 valence electrons. The van der Waals surface area contributed by atoms with Crippen LogP contribution < -0.4 is 5.32 Å². The Morgan fingerprint density at radius 3 is 2.33 bits per heavy atom. The standard InChI is InChI=1S/C15H16ClNS/c16-12-13-6-8-14(9-7-13)17-10-11-18-15-4-2-1-3-5-15/h1-9,17H,10-12H2. The minimum atomic E-state index is 0.574. The fourth-order valence-electron chi connectivity index (χ4n) is 1.59. The number of alkyl halides is 1. The van der Waals surface area contributed by atoms with Crippen molar-refractivity contribution in [1.29, 1.82) is 0 Å². The summed E-state index contributed by atoms with van der Waals surface area (Å²) in [4.78, 5) is 1.32. The van der Waals surface area contributed by atoms with Gasteiger partial charge in [-0.3, -0.25) is 0 Å². The molecular weight excluding hydrogens is 262 g/mol. The van der Waals surface area contributed by atoms with E-state index in [0.29, 0.717) is 5.88 Å². The van der Waals surface area contributed by atoms with Gasteiger partial charge in [0, 0.05) is 28.8 Å². The van der Waals surface area contributed by atoms with Crippen LogP contribution in [0.15, 0.2) is 59.5 Å². The van der Waals surface area contributed by atoms with Gasteiger partial charge in [0.1, 0.15) is 0 Å². The molecule has 3 heteroatoms. The number of thioether (sulfide) groups is 1. The van der Waals surface area contributed by atoms with Gasteiger partial charge in [0.05, 0.1) is 0 Å². The molecule has 0 saturated heterocycles. The molecule has 0 aliphatic rings. The molecule has 0 aliphatic heterocycles. The molecule has 0 aromatic heterocycles. The normalized spacial score (nSPS) is 10.3. The van der Waals surface area contributed by atoms with Crippen LogP contribution in [0.25, 0.3) is 0 Å². The summed E-state index contributed by atoms with van der Waals surface area (Å²) in [7, 11) is 0. The molecule has 0 atom stereocenters. The van der Waals surface area contributed by atoms with Gasteiger partial charge in [0.2, 0.25) is 0 Å². The molecule has 0 heterocycles. The van der Waals surface area contributed by atoms with Gasteiger partial charge in [-0.15, -0.1) is 23.4 Å². The van der Waals surface area contributed by atoms with Crippen molar-refractivity contribution >= 4 is 29.1 Å². The van der Waals surface area contributed by atoms with Crippen molar-refractivity contribution in [3.8, 4) is 0 Å². The van der Waals surface area contributed by atoms with E-state index in [1.165, 1.54) is 4.90 Å². The summed E-state index contributed by atoms with van der Waals surface area (Å²) in [5.41, 5.74) is 2.30. The first kappa shape index (κ1) is 13.3. The lowest BCUT2D eigenvalue weighted by Gasteiger charge is -2.06. The summed E-state index contributed by atoms with van der Waals surface area (Å²) in [5, 5.41) is 3.40.